The molecule has 1 aliphatic carbocycles. The number of benzene rings is 2. The molecule has 0 aromatic heterocycles. The molecule has 4 rings (SSSR count). The fourth-order valence-electron chi connectivity index (χ4n) is 4.52. The monoisotopic (exact) mass is 408 g/mol. The molecule has 0 spiro atoms. The third-order valence-corrected chi connectivity index (χ3v) is 6.16. The van der Waals surface area contributed by atoms with E-state index in [1.807, 2.05) is 18.2 Å². The smallest absolute Gasteiger partial charge is 0.278 e. The minimum atomic E-state index is -0.470. The van der Waals surface area contributed by atoms with Crippen LogP contribution in [-0.2, 0) is 17.8 Å². The highest BCUT2D eigenvalue weighted by Crippen LogP contribution is 2.38. The molecule has 1 aliphatic heterocycles. The maximum absolute atomic E-state index is 13.5. The van der Waals surface area contributed by atoms with E-state index in [0.717, 1.165) is 42.5 Å². The average molecular weight is 408 g/mol. The van der Waals surface area contributed by atoms with Gasteiger partial charge in [0.1, 0.15) is 17.4 Å². The van der Waals surface area contributed by atoms with E-state index in [0.29, 0.717) is 12.3 Å². The van der Waals surface area contributed by atoms with Crippen molar-refractivity contribution in [2.45, 2.75) is 51.7 Å². The zero-order chi connectivity index (χ0) is 21.3. The Balaban J connectivity index is 1.67. The fraction of sp³-hybridized carbons (Fsp3) is 0.375. The van der Waals surface area contributed by atoms with Crippen molar-refractivity contribution < 1.29 is 19.1 Å². The average Bonchev–Trinajstić information content (AvgIpc) is 3.10. The fourth-order valence-corrected chi connectivity index (χ4v) is 4.52. The molecule has 2 aromatic rings. The number of hydrogen-bond acceptors (Lipinski definition) is 3. The lowest BCUT2D eigenvalue weighted by Crippen LogP contribution is -2.41. The molecule has 2 aromatic carbocycles. The first kappa shape index (κ1) is 20.4. The molecular formula is C24H25FN2O3. The molecule has 0 radical (unpaired) electrons. The summed E-state index contributed by atoms with van der Waals surface area (Å²) in [7, 11) is 0. The SMILES string of the molecule is CC(=O)C1CCC(N2C(=NC(=O)c3cccc(F)c3)Cc3ccc(CO)cc32)CC1. The highest BCUT2D eigenvalue weighted by Gasteiger charge is 2.35. The minimum Gasteiger partial charge on any atom is -0.392 e. The van der Waals surface area contributed by atoms with Gasteiger partial charge in [-0.3, -0.25) is 9.59 Å². The van der Waals surface area contributed by atoms with Crippen LogP contribution in [0.4, 0.5) is 10.1 Å². The summed E-state index contributed by atoms with van der Waals surface area (Å²) in [6.45, 7) is 1.58. The van der Waals surface area contributed by atoms with Crippen LogP contribution in [0.3, 0.4) is 0 Å². The van der Waals surface area contributed by atoms with E-state index in [4.69, 9.17) is 0 Å². The van der Waals surface area contributed by atoms with Crippen LogP contribution in [0.5, 0.6) is 0 Å². The standard InChI is InChI=1S/C24H25FN2O3/c1-15(29)17-7-9-21(10-8-17)27-22-11-16(14-28)5-6-18(22)13-23(27)26-24(30)19-3-2-4-20(25)12-19/h2-6,11-12,17,21,28H,7-10,13-14H2,1H3. The van der Waals surface area contributed by atoms with Crippen molar-refractivity contribution in [3.8, 4) is 0 Å². The molecule has 0 atom stereocenters. The van der Waals surface area contributed by atoms with Crippen LogP contribution in [0.25, 0.3) is 0 Å². The Morgan fingerprint density at radius 3 is 2.57 bits per heavy atom. The van der Waals surface area contributed by atoms with Gasteiger partial charge in [0, 0.05) is 29.6 Å². The van der Waals surface area contributed by atoms with Gasteiger partial charge in [-0.25, -0.2) is 4.39 Å². The summed E-state index contributed by atoms with van der Waals surface area (Å²) in [6, 6.07) is 11.5. The number of aliphatic hydroxyl groups is 1. The molecule has 2 aliphatic rings. The number of hydrogen-bond donors (Lipinski definition) is 1. The van der Waals surface area contributed by atoms with Gasteiger partial charge in [0.15, 0.2) is 0 Å². The van der Waals surface area contributed by atoms with Gasteiger partial charge in [-0.05, 0) is 68.0 Å². The second-order valence-corrected chi connectivity index (χ2v) is 8.13. The molecule has 5 nitrogen and oxygen atoms in total. The van der Waals surface area contributed by atoms with Crippen molar-refractivity contribution in [2.75, 3.05) is 4.90 Å². The number of aliphatic hydroxyl groups excluding tert-OH is 1. The van der Waals surface area contributed by atoms with Gasteiger partial charge in [-0.15, -0.1) is 0 Å². The topological polar surface area (TPSA) is 70.0 Å². The van der Waals surface area contributed by atoms with Crippen LogP contribution in [0.2, 0.25) is 0 Å². The van der Waals surface area contributed by atoms with Crippen molar-refractivity contribution in [3.63, 3.8) is 0 Å². The molecule has 0 saturated heterocycles. The quantitative estimate of drug-likeness (QED) is 0.828. The number of halogens is 1. The molecule has 0 unspecified atom stereocenters. The lowest BCUT2D eigenvalue weighted by Gasteiger charge is -2.35. The third-order valence-electron chi connectivity index (χ3n) is 6.16. The van der Waals surface area contributed by atoms with E-state index in [2.05, 4.69) is 9.89 Å². The van der Waals surface area contributed by atoms with Gasteiger partial charge in [-0.2, -0.15) is 4.99 Å². The number of rotatable bonds is 4. The minimum absolute atomic E-state index is 0.0626. The Kier molecular flexibility index (Phi) is 5.77. The van der Waals surface area contributed by atoms with E-state index < -0.39 is 11.7 Å². The maximum atomic E-state index is 13.5. The summed E-state index contributed by atoms with van der Waals surface area (Å²) in [5, 5.41) is 9.57. The summed E-state index contributed by atoms with van der Waals surface area (Å²) in [5.41, 5.74) is 3.02. The Hall–Kier alpha value is -2.86. The number of nitrogens with zero attached hydrogens (tertiary/aromatic N) is 2. The lowest BCUT2D eigenvalue weighted by molar-refractivity contribution is -0.121. The van der Waals surface area contributed by atoms with E-state index in [-0.39, 0.29) is 29.9 Å². The third kappa shape index (κ3) is 4.05. The second kappa shape index (κ2) is 8.48. The van der Waals surface area contributed by atoms with Crippen LogP contribution < -0.4 is 4.90 Å². The molecular weight excluding hydrogens is 383 g/mol. The van der Waals surface area contributed by atoms with E-state index >= 15 is 0 Å². The summed E-state index contributed by atoms with van der Waals surface area (Å²) < 4.78 is 13.5. The van der Waals surface area contributed by atoms with Gasteiger partial charge in [-0.1, -0.05) is 18.2 Å². The van der Waals surface area contributed by atoms with Crippen LogP contribution >= 0.6 is 0 Å². The highest BCUT2D eigenvalue weighted by atomic mass is 19.1. The molecule has 156 valence electrons. The summed E-state index contributed by atoms with van der Waals surface area (Å²) >= 11 is 0. The van der Waals surface area contributed by atoms with Gasteiger partial charge < -0.3 is 10.0 Å². The largest absolute Gasteiger partial charge is 0.392 e. The molecule has 6 heteroatoms. The van der Waals surface area contributed by atoms with E-state index in [1.54, 1.807) is 13.0 Å². The first-order chi connectivity index (χ1) is 14.5. The molecule has 1 fully saturated rings. The first-order valence-corrected chi connectivity index (χ1v) is 10.4. The van der Waals surface area contributed by atoms with Crippen molar-refractivity contribution in [1.29, 1.82) is 0 Å². The second-order valence-electron chi connectivity index (χ2n) is 8.13. The van der Waals surface area contributed by atoms with Crippen molar-refractivity contribution in [2.24, 2.45) is 10.9 Å². The van der Waals surface area contributed by atoms with E-state index in [9.17, 15) is 19.1 Å². The van der Waals surface area contributed by atoms with Crippen LogP contribution in [0.1, 0.15) is 54.1 Å². The Bertz CT molecular complexity index is 1010. The van der Waals surface area contributed by atoms with Crippen molar-refractivity contribution in [3.05, 3.63) is 65.0 Å². The Morgan fingerprint density at radius 2 is 1.90 bits per heavy atom. The van der Waals surface area contributed by atoms with Crippen molar-refractivity contribution >= 4 is 23.2 Å². The Labute approximate surface area is 175 Å². The van der Waals surface area contributed by atoms with Crippen LogP contribution in [0.15, 0.2) is 47.5 Å². The molecule has 1 amide bonds. The number of aliphatic imine (C=N–C) groups is 1. The predicted octanol–water partition coefficient (Wildman–Crippen LogP) is 4.07. The van der Waals surface area contributed by atoms with Gasteiger partial charge in [0.25, 0.3) is 5.91 Å². The molecule has 1 saturated carbocycles. The lowest BCUT2D eigenvalue weighted by atomic mass is 9.83. The number of amides is 1. The summed E-state index contributed by atoms with van der Waals surface area (Å²) in [4.78, 5) is 31.0. The first-order valence-electron chi connectivity index (χ1n) is 10.4. The molecule has 30 heavy (non-hydrogen) atoms. The number of fused-ring (bicyclic) bond motifs is 1. The molecule has 1 heterocycles. The number of anilines is 1. The normalized spacial score (nSPS) is 22.2. The van der Waals surface area contributed by atoms with Crippen LogP contribution in [-0.4, -0.2) is 28.7 Å². The predicted molar refractivity (Wildman–Crippen MR) is 113 cm³/mol. The zero-order valence-corrected chi connectivity index (χ0v) is 17.0. The van der Waals surface area contributed by atoms with Crippen molar-refractivity contribution in [1.82, 2.24) is 0 Å². The number of carbonyl (C=O) groups excluding carboxylic acids is 2. The van der Waals surface area contributed by atoms with Gasteiger partial charge >= 0.3 is 0 Å². The summed E-state index contributed by atoms with van der Waals surface area (Å²) in [5.74, 6) is 0.0277. The van der Waals surface area contributed by atoms with Gasteiger partial charge in [0.05, 0.1) is 6.61 Å². The number of carbonyl (C=O) groups is 2. The van der Waals surface area contributed by atoms with E-state index in [1.165, 1.54) is 18.2 Å². The van der Waals surface area contributed by atoms with Gasteiger partial charge in [0.2, 0.25) is 0 Å². The number of Topliss-reactive ketones (excluding diaryl/α,β-unsaturated/α-hetero) is 1. The van der Waals surface area contributed by atoms with Crippen LogP contribution in [0, 0.1) is 11.7 Å². The Morgan fingerprint density at radius 1 is 1.13 bits per heavy atom. The highest BCUT2D eigenvalue weighted by molar-refractivity contribution is 6.12. The molecule has 1 N–H and O–H groups in total. The summed E-state index contributed by atoms with van der Waals surface area (Å²) in [6.07, 6.45) is 3.81. The maximum Gasteiger partial charge on any atom is 0.278 e. The zero-order valence-electron chi connectivity index (χ0n) is 17.0. The number of ketones is 1. The molecule has 0 bridgehead atoms. The number of amidine groups is 1.